The summed E-state index contributed by atoms with van der Waals surface area (Å²) in [5, 5.41) is 2.67. The molecule has 0 aromatic carbocycles. The molecule has 1 atom stereocenters. The quantitative estimate of drug-likeness (QED) is 0.663. The van der Waals surface area contributed by atoms with Gasteiger partial charge in [0.15, 0.2) is 0 Å². The molecule has 0 radical (unpaired) electrons. The van der Waals surface area contributed by atoms with E-state index >= 15 is 0 Å². The fourth-order valence-electron chi connectivity index (χ4n) is 1.21. The summed E-state index contributed by atoms with van der Waals surface area (Å²) >= 11 is 0. The van der Waals surface area contributed by atoms with Crippen LogP contribution in [0.25, 0.3) is 0 Å². The molecule has 1 heterocycles. The summed E-state index contributed by atoms with van der Waals surface area (Å²) in [6, 6.07) is -0.848. The van der Waals surface area contributed by atoms with Gasteiger partial charge >= 0.3 is 5.97 Å². The van der Waals surface area contributed by atoms with Gasteiger partial charge in [0, 0.05) is 19.4 Å². The van der Waals surface area contributed by atoms with Crippen molar-refractivity contribution in [2.75, 3.05) is 13.7 Å². The summed E-state index contributed by atoms with van der Waals surface area (Å²) in [7, 11) is 1.19. The molecule has 0 aliphatic carbocycles. The number of hydrogen-bond donors (Lipinski definition) is 1. The number of alkyl halides is 2. The van der Waals surface area contributed by atoms with Crippen LogP contribution >= 0.6 is 12.4 Å². The average molecular weight is 216 g/mol. The lowest BCUT2D eigenvalue weighted by atomic mass is 10.0. The number of carbonyl (C=O) groups excluding carboxylic acids is 1. The first-order chi connectivity index (χ1) is 5.55. The van der Waals surface area contributed by atoms with Gasteiger partial charge in [-0.3, -0.25) is 4.79 Å². The van der Waals surface area contributed by atoms with Crippen LogP contribution in [0.2, 0.25) is 0 Å². The summed E-state index contributed by atoms with van der Waals surface area (Å²) in [4.78, 5) is 10.8. The zero-order valence-electron chi connectivity index (χ0n) is 7.18. The van der Waals surface area contributed by atoms with E-state index in [2.05, 4.69) is 10.1 Å². The normalized spacial score (nSPS) is 25.9. The maximum Gasteiger partial charge on any atom is 0.323 e. The SMILES string of the molecule is COC(=O)C1CC(F)(F)CCN1.Cl. The molecule has 1 saturated heterocycles. The lowest BCUT2D eigenvalue weighted by Gasteiger charge is -2.28. The Morgan fingerprint density at radius 1 is 1.62 bits per heavy atom. The molecule has 0 saturated carbocycles. The number of rotatable bonds is 1. The Hall–Kier alpha value is -0.420. The molecule has 0 amide bonds. The maximum absolute atomic E-state index is 12.7. The molecule has 1 rings (SSSR count). The smallest absolute Gasteiger partial charge is 0.323 e. The number of methoxy groups -OCH3 is 1. The molecule has 6 heteroatoms. The molecule has 13 heavy (non-hydrogen) atoms. The van der Waals surface area contributed by atoms with Crippen LogP contribution in [-0.4, -0.2) is 31.6 Å². The first kappa shape index (κ1) is 12.6. The molecule has 1 aliphatic rings. The highest BCUT2D eigenvalue weighted by molar-refractivity contribution is 5.85. The predicted molar refractivity (Wildman–Crippen MR) is 45.2 cm³/mol. The van der Waals surface area contributed by atoms with Crippen molar-refractivity contribution in [1.29, 1.82) is 0 Å². The van der Waals surface area contributed by atoms with Crippen LogP contribution in [-0.2, 0) is 9.53 Å². The van der Waals surface area contributed by atoms with Gasteiger partial charge in [0.2, 0.25) is 0 Å². The van der Waals surface area contributed by atoms with Crippen LogP contribution < -0.4 is 5.32 Å². The van der Waals surface area contributed by atoms with E-state index in [9.17, 15) is 13.6 Å². The lowest BCUT2D eigenvalue weighted by molar-refractivity contribution is -0.148. The third-order valence-electron chi connectivity index (χ3n) is 1.87. The Bertz CT molecular complexity index is 189. The molecular weight excluding hydrogens is 204 g/mol. The lowest BCUT2D eigenvalue weighted by Crippen LogP contribution is -2.48. The van der Waals surface area contributed by atoms with Crippen molar-refractivity contribution in [1.82, 2.24) is 5.32 Å². The number of piperidine rings is 1. The summed E-state index contributed by atoms with van der Waals surface area (Å²) in [6.45, 7) is 0.159. The summed E-state index contributed by atoms with van der Waals surface area (Å²) in [5.74, 6) is -3.35. The molecule has 0 aromatic heterocycles. The predicted octanol–water partition coefficient (Wildman–Crippen LogP) is 0.968. The van der Waals surface area contributed by atoms with E-state index in [0.29, 0.717) is 0 Å². The van der Waals surface area contributed by atoms with E-state index in [4.69, 9.17) is 0 Å². The van der Waals surface area contributed by atoms with E-state index in [1.807, 2.05) is 0 Å². The molecule has 1 fully saturated rings. The molecule has 0 aromatic rings. The number of nitrogens with one attached hydrogen (secondary N) is 1. The number of halogens is 3. The van der Waals surface area contributed by atoms with E-state index in [1.54, 1.807) is 0 Å². The fourth-order valence-corrected chi connectivity index (χ4v) is 1.21. The first-order valence-electron chi connectivity index (χ1n) is 3.74. The van der Waals surface area contributed by atoms with Crippen molar-refractivity contribution in [3.63, 3.8) is 0 Å². The van der Waals surface area contributed by atoms with E-state index in [0.717, 1.165) is 0 Å². The van der Waals surface area contributed by atoms with Crippen molar-refractivity contribution in [2.45, 2.75) is 24.8 Å². The number of hydrogen-bond acceptors (Lipinski definition) is 3. The van der Waals surface area contributed by atoms with Crippen molar-refractivity contribution < 1.29 is 18.3 Å². The molecule has 1 unspecified atom stereocenters. The largest absolute Gasteiger partial charge is 0.468 e. The van der Waals surface area contributed by atoms with Crippen molar-refractivity contribution in [3.05, 3.63) is 0 Å². The summed E-state index contributed by atoms with van der Waals surface area (Å²) in [5.41, 5.74) is 0. The highest BCUT2D eigenvalue weighted by Gasteiger charge is 2.39. The van der Waals surface area contributed by atoms with Gasteiger partial charge in [-0.25, -0.2) is 8.78 Å². The van der Waals surface area contributed by atoms with Gasteiger partial charge in [0.05, 0.1) is 7.11 Å². The van der Waals surface area contributed by atoms with E-state index in [1.165, 1.54) is 7.11 Å². The van der Waals surface area contributed by atoms with Crippen molar-refractivity contribution in [3.8, 4) is 0 Å². The van der Waals surface area contributed by atoms with Gasteiger partial charge in [-0.2, -0.15) is 0 Å². The van der Waals surface area contributed by atoms with Gasteiger partial charge in [-0.1, -0.05) is 0 Å². The van der Waals surface area contributed by atoms with Crippen LogP contribution in [0.15, 0.2) is 0 Å². The zero-order valence-corrected chi connectivity index (χ0v) is 8.00. The molecule has 1 aliphatic heterocycles. The standard InChI is InChI=1S/C7H11F2NO2.ClH/c1-12-6(11)5-4-7(8,9)2-3-10-5;/h5,10H,2-4H2,1H3;1H. The first-order valence-corrected chi connectivity index (χ1v) is 3.74. The Balaban J connectivity index is 0.00000144. The second-order valence-electron chi connectivity index (χ2n) is 2.84. The van der Waals surface area contributed by atoms with Gasteiger partial charge in [-0.05, 0) is 0 Å². The second kappa shape index (κ2) is 4.72. The number of ether oxygens (including phenoxy) is 1. The van der Waals surface area contributed by atoms with Crippen molar-refractivity contribution in [2.24, 2.45) is 0 Å². The topological polar surface area (TPSA) is 38.3 Å². The summed E-state index contributed by atoms with van der Waals surface area (Å²) in [6.07, 6.45) is -0.667. The molecule has 78 valence electrons. The highest BCUT2D eigenvalue weighted by atomic mass is 35.5. The minimum absolute atomic E-state index is 0. The van der Waals surface area contributed by atoms with Crippen LogP contribution in [0.5, 0.6) is 0 Å². The molecular formula is C7H12ClF2NO2. The van der Waals surface area contributed by atoms with E-state index < -0.39 is 24.4 Å². The molecule has 0 spiro atoms. The number of carbonyl (C=O) groups is 1. The maximum atomic E-state index is 12.7. The Kier molecular flexibility index (Phi) is 4.56. The minimum Gasteiger partial charge on any atom is -0.468 e. The van der Waals surface area contributed by atoms with Crippen LogP contribution in [0.4, 0.5) is 8.78 Å². The van der Waals surface area contributed by atoms with E-state index in [-0.39, 0.29) is 25.4 Å². The van der Waals surface area contributed by atoms with Crippen LogP contribution in [0, 0.1) is 0 Å². The van der Waals surface area contributed by atoms with Crippen LogP contribution in [0.1, 0.15) is 12.8 Å². The Morgan fingerprint density at radius 2 is 2.23 bits per heavy atom. The summed E-state index contributed by atoms with van der Waals surface area (Å²) < 4.78 is 29.8. The Morgan fingerprint density at radius 3 is 2.69 bits per heavy atom. The Labute approximate surface area is 81.2 Å². The highest BCUT2D eigenvalue weighted by Crippen LogP contribution is 2.27. The molecule has 3 nitrogen and oxygen atoms in total. The monoisotopic (exact) mass is 215 g/mol. The zero-order chi connectivity index (χ0) is 9.19. The third-order valence-corrected chi connectivity index (χ3v) is 1.87. The number of esters is 1. The van der Waals surface area contributed by atoms with Gasteiger partial charge in [0.1, 0.15) is 6.04 Å². The fraction of sp³-hybridized carbons (Fsp3) is 0.857. The van der Waals surface area contributed by atoms with Gasteiger partial charge in [0.25, 0.3) is 5.92 Å². The average Bonchev–Trinajstić information content (AvgIpc) is 2.01. The third kappa shape index (κ3) is 3.44. The van der Waals surface area contributed by atoms with Gasteiger partial charge in [-0.15, -0.1) is 12.4 Å². The molecule has 1 N–H and O–H groups in total. The minimum atomic E-state index is -2.73. The van der Waals surface area contributed by atoms with Crippen molar-refractivity contribution >= 4 is 18.4 Å². The molecule has 0 bridgehead atoms. The van der Waals surface area contributed by atoms with Crippen LogP contribution in [0.3, 0.4) is 0 Å². The second-order valence-corrected chi connectivity index (χ2v) is 2.84. The van der Waals surface area contributed by atoms with Gasteiger partial charge < -0.3 is 10.1 Å².